The molecule has 0 bridgehead atoms. The molecule has 0 amide bonds. The van der Waals surface area contributed by atoms with Crippen LogP contribution in [-0.2, 0) is 9.84 Å². The lowest BCUT2D eigenvalue weighted by atomic mass is 9.97. The van der Waals surface area contributed by atoms with Crippen LogP contribution in [0.15, 0.2) is 47.4 Å². The lowest BCUT2D eigenvalue weighted by Crippen LogP contribution is -2.46. The monoisotopic (exact) mass is 390 g/mol. The maximum absolute atomic E-state index is 13.5. The summed E-state index contributed by atoms with van der Waals surface area (Å²) in [6, 6.07) is 10.5. The molecule has 1 fully saturated rings. The highest BCUT2D eigenvalue weighted by atomic mass is 32.2. The Hall–Kier alpha value is -2.54. The van der Waals surface area contributed by atoms with Crippen LogP contribution in [0, 0.1) is 6.92 Å². The first-order chi connectivity index (χ1) is 12.7. The minimum absolute atomic E-state index is 0.114. The number of hydrogen-bond acceptors (Lipinski definition) is 5. The van der Waals surface area contributed by atoms with E-state index in [1.54, 1.807) is 18.2 Å². The molecule has 2 aromatic carbocycles. The summed E-state index contributed by atoms with van der Waals surface area (Å²) in [4.78, 5) is 10.0. The number of phenols is 1. The van der Waals surface area contributed by atoms with Crippen LogP contribution in [0.1, 0.15) is 48.0 Å². The average molecular weight is 390 g/mol. The van der Waals surface area contributed by atoms with Gasteiger partial charge in [-0.2, -0.15) is 0 Å². The fraction of sp³-hybridized carbons (Fsp3) is 0.350. The first kappa shape index (κ1) is 19.2. The Morgan fingerprint density at radius 2 is 1.78 bits per heavy atom. The fourth-order valence-electron chi connectivity index (χ4n) is 3.48. The summed E-state index contributed by atoms with van der Waals surface area (Å²) in [5.74, 6) is -1.59. The molecular formula is C20H22O6S. The molecule has 144 valence electrons. The summed E-state index contributed by atoms with van der Waals surface area (Å²) in [7, 11) is -3.82. The van der Waals surface area contributed by atoms with Crippen molar-refractivity contribution < 1.29 is 28.2 Å². The van der Waals surface area contributed by atoms with Gasteiger partial charge >= 0.3 is 5.97 Å². The number of carbonyl (C=O) groups is 1. The van der Waals surface area contributed by atoms with Crippen molar-refractivity contribution in [1.29, 1.82) is 0 Å². The molecule has 0 saturated heterocycles. The molecular weight excluding hydrogens is 368 g/mol. The van der Waals surface area contributed by atoms with Crippen LogP contribution in [-0.4, -0.2) is 29.5 Å². The molecule has 1 aliphatic carbocycles. The second-order valence-corrected chi connectivity index (χ2v) is 9.10. The number of aryl methyl sites for hydroxylation is 1. The predicted octanol–water partition coefficient (Wildman–Crippen LogP) is 3.91. The zero-order valence-corrected chi connectivity index (χ0v) is 15.8. The Labute approximate surface area is 158 Å². The summed E-state index contributed by atoms with van der Waals surface area (Å²) in [5, 5.41) is 18.9. The van der Waals surface area contributed by atoms with E-state index in [0.717, 1.165) is 12.0 Å². The molecule has 1 saturated carbocycles. The Bertz CT molecular complexity index is 958. The molecule has 2 N–H and O–H groups in total. The highest BCUT2D eigenvalue weighted by Crippen LogP contribution is 2.41. The standard InChI is InChI=1S/C20H22O6S/c1-14-6-5-7-16(12-14)27(24,25)20(10-3-2-4-11-20)26-15-8-9-18(21)17(13-15)19(22)23/h5-9,12-13,21H,2-4,10-11H2,1H3,(H,22,23). The third-order valence-corrected chi connectivity index (χ3v) is 7.25. The minimum Gasteiger partial charge on any atom is -0.507 e. The van der Waals surface area contributed by atoms with Crippen molar-refractivity contribution >= 4 is 15.8 Å². The predicted molar refractivity (Wildman–Crippen MR) is 99.9 cm³/mol. The molecule has 3 rings (SSSR count). The van der Waals surface area contributed by atoms with E-state index < -0.39 is 26.5 Å². The normalized spacial score (nSPS) is 16.6. The number of aromatic hydroxyl groups is 1. The molecule has 0 radical (unpaired) electrons. The molecule has 1 aliphatic rings. The fourth-order valence-corrected chi connectivity index (χ4v) is 5.54. The summed E-state index contributed by atoms with van der Waals surface area (Å²) < 4.78 is 32.9. The Morgan fingerprint density at radius 3 is 2.41 bits per heavy atom. The van der Waals surface area contributed by atoms with Crippen LogP contribution in [0.5, 0.6) is 11.5 Å². The molecule has 0 aromatic heterocycles. The van der Waals surface area contributed by atoms with Crippen LogP contribution < -0.4 is 4.74 Å². The van der Waals surface area contributed by atoms with Gasteiger partial charge in [0.05, 0.1) is 4.90 Å². The first-order valence-electron chi connectivity index (χ1n) is 8.82. The van der Waals surface area contributed by atoms with Crippen LogP contribution in [0.4, 0.5) is 0 Å². The maximum atomic E-state index is 13.5. The van der Waals surface area contributed by atoms with Crippen LogP contribution in [0.3, 0.4) is 0 Å². The van der Waals surface area contributed by atoms with E-state index in [9.17, 15) is 23.4 Å². The van der Waals surface area contributed by atoms with Gasteiger partial charge in [0.25, 0.3) is 0 Å². The number of ether oxygens (including phenoxy) is 1. The van der Waals surface area contributed by atoms with Crippen LogP contribution >= 0.6 is 0 Å². The number of benzene rings is 2. The van der Waals surface area contributed by atoms with Crippen molar-refractivity contribution in [3.63, 3.8) is 0 Å². The van der Waals surface area contributed by atoms with Crippen molar-refractivity contribution in [2.24, 2.45) is 0 Å². The molecule has 0 unspecified atom stereocenters. The average Bonchev–Trinajstić information content (AvgIpc) is 2.64. The zero-order chi connectivity index (χ0) is 19.7. The van der Waals surface area contributed by atoms with Crippen molar-refractivity contribution in [3.05, 3.63) is 53.6 Å². The first-order valence-corrected chi connectivity index (χ1v) is 10.3. The van der Waals surface area contributed by atoms with E-state index in [1.165, 1.54) is 18.2 Å². The summed E-state index contributed by atoms with van der Waals surface area (Å²) in [6.07, 6.45) is 2.98. The van der Waals surface area contributed by atoms with Gasteiger partial charge < -0.3 is 14.9 Å². The second-order valence-electron chi connectivity index (χ2n) is 6.88. The van der Waals surface area contributed by atoms with Crippen molar-refractivity contribution in [2.45, 2.75) is 48.9 Å². The molecule has 0 atom stereocenters. The minimum atomic E-state index is -3.82. The van der Waals surface area contributed by atoms with E-state index in [4.69, 9.17) is 4.74 Å². The SMILES string of the molecule is Cc1cccc(S(=O)(=O)C2(Oc3ccc(O)c(C(=O)O)c3)CCCCC2)c1. The third kappa shape index (κ3) is 3.64. The van der Waals surface area contributed by atoms with Gasteiger partial charge in [-0.05, 0) is 55.7 Å². The largest absolute Gasteiger partial charge is 0.507 e. The lowest BCUT2D eigenvalue weighted by molar-refractivity contribution is 0.0691. The highest BCUT2D eigenvalue weighted by molar-refractivity contribution is 7.92. The molecule has 0 heterocycles. The molecule has 7 heteroatoms. The molecule has 27 heavy (non-hydrogen) atoms. The van der Waals surface area contributed by atoms with Crippen molar-refractivity contribution in [3.8, 4) is 11.5 Å². The topological polar surface area (TPSA) is 101 Å². The highest BCUT2D eigenvalue weighted by Gasteiger charge is 2.48. The van der Waals surface area contributed by atoms with E-state index in [2.05, 4.69) is 0 Å². The van der Waals surface area contributed by atoms with Crippen molar-refractivity contribution in [1.82, 2.24) is 0 Å². The third-order valence-electron chi connectivity index (χ3n) is 4.91. The Morgan fingerprint density at radius 1 is 1.07 bits per heavy atom. The number of carboxylic acids is 1. The van der Waals surface area contributed by atoms with E-state index >= 15 is 0 Å². The van der Waals surface area contributed by atoms with Gasteiger partial charge in [-0.3, -0.25) is 0 Å². The van der Waals surface area contributed by atoms with Gasteiger partial charge in [-0.15, -0.1) is 0 Å². The second kappa shape index (κ2) is 7.23. The van der Waals surface area contributed by atoms with Gasteiger partial charge in [-0.25, -0.2) is 13.2 Å². The number of sulfone groups is 1. The molecule has 2 aromatic rings. The molecule has 0 aliphatic heterocycles. The number of aromatic carboxylic acids is 1. The van der Waals surface area contributed by atoms with Gasteiger partial charge in [0, 0.05) is 12.8 Å². The zero-order valence-electron chi connectivity index (χ0n) is 15.0. The lowest BCUT2D eigenvalue weighted by Gasteiger charge is -2.37. The van der Waals surface area contributed by atoms with Gasteiger partial charge in [-0.1, -0.05) is 18.6 Å². The maximum Gasteiger partial charge on any atom is 0.339 e. The summed E-state index contributed by atoms with van der Waals surface area (Å²) >= 11 is 0. The number of hydrogen-bond donors (Lipinski definition) is 2. The number of carboxylic acid groups (broad SMARTS) is 1. The van der Waals surface area contributed by atoms with Gasteiger partial charge in [0.2, 0.25) is 14.8 Å². The van der Waals surface area contributed by atoms with Gasteiger partial charge in [0.15, 0.2) is 0 Å². The quantitative estimate of drug-likeness (QED) is 0.803. The molecule has 6 nitrogen and oxygen atoms in total. The Balaban J connectivity index is 2.06. The van der Waals surface area contributed by atoms with Crippen molar-refractivity contribution in [2.75, 3.05) is 0 Å². The molecule has 0 spiro atoms. The van der Waals surface area contributed by atoms with E-state index in [-0.39, 0.29) is 16.2 Å². The van der Waals surface area contributed by atoms with Crippen LogP contribution in [0.2, 0.25) is 0 Å². The van der Waals surface area contributed by atoms with E-state index in [1.807, 2.05) is 13.0 Å². The van der Waals surface area contributed by atoms with E-state index in [0.29, 0.717) is 25.7 Å². The summed E-state index contributed by atoms with van der Waals surface area (Å²) in [6.45, 7) is 1.83. The Kier molecular flexibility index (Phi) is 5.15. The van der Waals surface area contributed by atoms with Crippen LogP contribution in [0.25, 0.3) is 0 Å². The number of rotatable bonds is 5. The van der Waals surface area contributed by atoms with Gasteiger partial charge in [0.1, 0.15) is 17.1 Å². The smallest absolute Gasteiger partial charge is 0.339 e. The summed E-state index contributed by atoms with van der Waals surface area (Å²) in [5.41, 5.74) is 0.506.